The second-order valence-electron chi connectivity index (χ2n) is 5.27. The SMILES string of the molecule is Cc1nc2ccc(C(C)(C)CNC(=O)NN)cc2[nH]1. The van der Waals surface area contributed by atoms with E-state index in [1.54, 1.807) is 0 Å². The number of aromatic nitrogens is 2. The highest BCUT2D eigenvalue weighted by Gasteiger charge is 2.22. The first-order valence-electron chi connectivity index (χ1n) is 6.14. The molecule has 102 valence electrons. The molecule has 0 unspecified atom stereocenters. The van der Waals surface area contributed by atoms with Gasteiger partial charge in [0, 0.05) is 12.0 Å². The Morgan fingerprint density at radius 2 is 2.21 bits per heavy atom. The van der Waals surface area contributed by atoms with Crippen molar-refractivity contribution in [2.75, 3.05) is 6.54 Å². The summed E-state index contributed by atoms with van der Waals surface area (Å²) < 4.78 is 0. The van der Waals surface area contributed by atoms with Gasteiger partial charge in [0.15, 0.2) is 0 Å². The molecule has 0 fully saturated rings. The minimum atomic E-state index is -0.383. The number of nitrogens with one attached hydrogen (secondary N) is 3. The van der Waals surface area contributed by atoms with E-state index in [1.165, 1.54) is 0 Å². The van der Waals surface area contributed by atoms with E-state index in [-0.39, 0.29) is 11.4 Å². The van der Waals surface area contributed by atoms with Crippen molar-refractivity contribution in [1.29, 1.82) is 0 Å². The van der Waals surface area contributed by atoms with E-state index in [4.69, 9.17) is 5.84 Å². The number of carbonyl (C=O) groups excluding carboxylic acids is 1. The van der Waals surface area contributed by atoms with Crippen molar-refractivity contribution in [2.24, 2.45) is 5.84 Å². The standard InChI is InChI=1S/C13H19N5O/c1-8-16-10-5-4-9(6-11(10)17-8)13(2,3)7-15-12(19)18-14/h4-6H,7,14H2,1-3H3,(H,16,17)(H2,15,18,19). The summed E-state index contributed by atoms with van der Waals surface area (Å²) in [6.07, 6.45) is 0. The predicted molar refractivity (Wildman–Crippen MR) is 74.6 cm³/mol. The maximum Gasteiger partial charge on any atom is 0.328 e. The Balaban J connectivity index is 2.23. The summed E-state index contributed by atoms with van der Waals surface area (Å²) in [5.74, 6) is 5.94. The molecule has 5 N–H and O–H groups in total. The molecule has 1 aromatic heterocycles. The molecule has 0 aliphatic heterocycles. The Kier molecular flexibility index (Phi) is 3.44. The van der Waals surface area contributed by atoms with Crippen LogP contribution in [0, 0.1) is 6.92 Å². The molecule has 0 spiro atoms. The van der Waals surface area contributed by atoms with E-state index in [1.807, 2.05) is 19.1 Å². The lowest BCUT2D eigenvalue weighted by molar-refractivity contribution is 0.238. The quantitative estimate of drug-likeness (QED) is 0.381. The maximum absolute atomic E-state index is 11.1. The van der Waals surface area contributed by atoms with E-state index in [2.05, 4.69) is 40.6 Å². The lowest BCUT2D eigenvalue weighted by Crippen LogP contribution is -2.44. The number of carbonyl (C=O) groups is 1. The van der Waals surface area contributed by atoms with Crippen LogP contribution in [0.2, 0.25) is 0 Å². The van der Waals surface area contributed by atoms with Gasteiger partial charge < -0.3 is 10.3 Å². The van der Waals surface area contributed by atoms with Gasteiger partial charge in [-0.15, -0.1) is 0 Å². The smallest absolute Gasteiger partial charge is 0.328 e. The summed E-state index contributed by atoms with van der Waals surface area (Å²) in [6.45, 7) is 6.55. The van der Waals surface area contributed by atoms with Crippen LogP contribution in [-0.2, 0) is 5.41 Å². The first-order valence-corrected chi connectivity index (χ1v) is 6.14. The number of nitrogens with two attached hydrogens (primary N) is 1. The number of rotatable bonds is 3. The van der Waals surface area contributed by atoms with Crippen molar-refractivity contribution in [2.45, 2.75) is 26.2 Å². The van der Waals surface area contributed by atoms with Crippen molar-refractivity contribution < 1.29 is 4.79 Å². The Morgan fingerprint density at radius 1 is 1.47 bits per heavy atom. The van der Waals surface area contributed by atoms with Crippen LogP contribution < -0.4 is 16.6 Å². The molecule has 0 atom stereocenters. The van der Waals surface area contributed by atoms with Crippen LogP contribution in [0.3, 0.4) is 0 Å². The third kappa shape index (κ3) is 2.85. The molecule has 2 rings (SSSR count). The van der Waals surface area contributed by atoms with Gasteiger partial charge >= 0.3 is 6.03 Å². The highest BCUT2D eigenvalue weighted by Crippen LogP contribution is 2.25. The third-order valence-electron chi connectivity index (χ3n) is 3.20. The molecule has 0 aliphatic carbocycles. The molecular weight excluding hydrogens is 242 g/mol. The summed E-state index contributed by atoms with van der Waals surface area (Å²) in [5, 5.41) is 2.72. The molecule has 19 heavy (non-hydrogen) atoms. The molecule has 6 heteroatoms. The third-order valence-corrected chi connectivity index (χ3v) is 3.20. The van der Waals surface area contributed by atoms with E-state index in [9.17, 15) is 4.79 Å². The number of benzene rings is 1. The molecule has 0 saturated carbocycles. The molecule has 0 saturated heterocycles. The second kappa shape index (κ2) is 4.89. The number of aryl methyl sites for hydroxylation is 1. The van der Waals surface area contributed by atoms with E-state index < -0.39 is 0 Å². The Bertz CT molecular complexity index is 602. The van der Waals surface area contributed by atoms with Gasteiger partial charge in [0.05, 0.1) is 11.0 Å². The largest absolute Gasteiger partial charge is 0.342 e. The first-order chi connectivity index (χ1) is 8.92. The predicted octanol–water partition coefficient (Wildman–Crippen LogP) is 1.32. The number of hydrogen-bond donors (Lipinski definition) is 4. The van der Waals surface area contributed by atoms with Crippen molar-refractivity contribution in [3.8, 4) is 0 Å². The van der Waals surface area contributed by atoms with Crippen molar-refractivity contribution >= 4 is 17.1 Å². The number of fused-ring (bicyclic) bond motifs is 1. The minimum absolute atomic E-state index is 0.195. The lowest BCUT2D eigenvalue weighted by Gasteiger charge is -2.25. The van der Waals surface area contributed by atoms with Crippen LogP contribution in [0.25, 0.3) is 11.0 Å². The molecule has 1 aromatic carbocycles. The molecule has 0 bridgehead atoms. The summed E-state index contributed by atoms with van der Waals surface area (Å²) >= 11 is 0. The fraction of sp³-hybridized carbons (Fsp3) is 0.385. The second-order valence-corrected chi connectivity index (χ2v) is 5.27. The average Bonchev–Trinajstić information content (AvgIpc) is 2.74. The van der Waals surface area contributed by atoms with Gasteiger partial charge in [0.25, 0.3) is 0 Å². The summed E-state index contributed by atoms with van der Waals surface area (Å²) in [6, 6.07) is 5.70. The summed E-state index contributed by atoms with van der Waals surface area (Å²) in [7, 11) is 0. The minimum Gasteiger partial charge on any atom is -0.342 e. The van der Waals surface area contributed by atoms with Gasteiger partial charge in [0.1, 0.15) is 5.82 Å². The fourth-order valence-corrected chi connectivity index (χ4v) is 2.01. The molecule has 1 heterocycles. The molecule has 6 nitrogen and oxygen atoms in total. The number of imidazole rings is 1. The van der Waals surface area contributed by atoms with Crippen LogP contribution in [0.5, 0.6) is 0 Å². The van der Waals surface area contributed by atoms with Crippen molar-refractivity contribution in [1.82, 2.24) is 20.7 Å². The van der Waals surface area contributed by atoms with E-state index in [0.29, 0.717) is 6.54 Å². The van der Waals surface area contributed by atoms with Crippen molar-refractivity contribution in [3.05, 3.63) is 29.6 Å². The molecule has 0 radical (unpaired) electrons. The van der Waals surface area contributed by atoms with Gasteiger partial charge in [-0.05, 0) is 24.6 Å². The van der Waals surface area contributed by atoms with Crippen molar-refractivity contribution in [3.63, 3.8) is 0 Å². The number of hydrogen-bond acceptors (Lipinski definition) is 3. The molecule has 0 aliphatic rings. The van der Waals surface area contributed by atoms with Crippen LogP contribution in [0.1, 0.15) is 25.2 Å². The normalized spacial score (nSPS) is 11.6. The molecule has 2 amide bonds. The average molecular weight is 261 g/mol. The summed E-state index contributed by atoms with van der Waals surface area (Å²) in [4.78, 5) is 18.7. The molecular formula is C13H19N5O. The van der Waals surface area contributed by atoms with Crippen LogP contribution in [0.4, 0.5) is 4.79 Å². The summed E-state index contributed by atoms with van der Waals surface area (Å²) in [5.41, 5.74) is 4.94. The lowest BCUT2D eigenvalue weighted by atomic mass is 9.84. The van der Waals surface area contributed by atoms with Gasteiger partial charge in [0.2, 0.25) is 0 Å². The number of amides is 2. The number of hydrazine groups is 1. The number of urea groups is 1. The Morgan fingerprint density at radius 3 is 2.89 bits per heavy atom. The topological polar surface area (TPSA) is 95.8 Å². The zero-order valence-electron chi connectivity index (χ0n) is 11.4. The van der Waals surface area contributed by atoms with Gasteiger partial charge in [-0.2, -0.15) is 0 Å². The zero-order valence-corrected chi connectivity index (χ0v) is 11.4. The number of H-pyrrole nitrogens is 1. The Labute approximate surface area is 111 Å². The van der Waals surface area contributed by atoms with Crippen LogP contribution in [-0.4, -0.2) is 22.5 Å². The number of aromatic amines is 1. The van der Waals surface area contributed by atoms with Crippen LogP contribution in [0.15, 0.2) is 18.2 Å². The van der Waals surface area contributed by atoms with Gasteiger partial charge in [-0.25, -0.2) is 15.6 Å². The monoisotopic (exact) mass is 261 g/mol. The van der Waals surface area contributed by atoms with Gasteiger partial charge in [-0.3, -0.25) is 5.43 Å². The Hall–Kier alpha value is -2.08. The highest BCUT2D eigenvalue weighted by molar-refractivity contribution is 5.76. The maximum atomic E-state index is 11.1. The highest BCUT2D eigenvalue weighted by atomic mass is 16.2. The number of nitrogens with zero attached hydrogens (tertiary/aromatic N) is 1. The van der Waals surface area contributed by atoms with Gasteiger partial charge in [-0.1, -0.05) is 19.9 Å². The fourth-order valence-electron chi connectivity index (χ4n) is 2.01. The zero-order chi connectivity index (χ0) is 14.0. The van der Waals surface area contributed by atoms with E-state index in [0.717, 1.165) is 22.4 Å². The van der Waals surface area contributed by atoms with E-state index >= 15 is 0 Å². The first kappa shape index (κ1) is 13.4. The van der Waals surface area contributed by atoms with Crippen LogP contribution >= 0.6 is 0 Å². The molecule has 2 aromatic rings.